The zero-order valence-electron chi connectivity index (χ0n) is 8.20. The van der Waals surface area contributed by atoms with Gasteiger partial charge in [0.2, 0.25) is 0 Å². The molecule has 0 aromatic heterocycles. The Morgan fingerprint density at radius 2 is 2.14 bits per heavy atom. The van der Waals surface area contributed by atoms with E-state index in [0.29, 0.717) is 12.0 Å². The quantitative estimate of drug-likeness (QED) is 0.674. The number of nitrogens with one attached hydrogen (secondary N) is 1. The highest BCUT2D eigenvalue weighted by Gasteiger charge is 2.32. The van der Waals surface area contributed by atoms with Gasteiger partial charge in [0, 0.05) is 12.5 Å². The van der Waals surface area contributed by atoms with Crippen molar-refractivity contribution in [3.05, 3.63) is 35.4 Å². The summed E-state index contributed by atoms with van der Waals surface area (Å²) >= 11 is 0. The molecule has 0 amide bonds. The molecule has 1 aliphatic carbocycles. The highest BCUT2D eigenvalue weighted by Crippen LogP contribution is 2.36. The molecule has 2 atom stereocenters. The van der Waals surface area contributed by atoms with Gasteiger partial charge in [-0.3, -0.25) is 4.84 Å². The molecule has 1 aromatic rings. The summed E-state index contributed by atoms with van der Waals surface area (Å²) in [6.07, 6.45) is 3.94. The fraction of sp³-hybridized carbons (Fsp3) is 0.500. The van der Waals surface area contributed by atoms with E-state index in [2.05, 4.69) is 29.7 Å². The van der Waals surface area contributed by atoms with Crippen LogP contribution in [0.15, 0.2) is 24.3 Å². The van der Waals surface area contributed by atoms with Crippen LogP contribution < -0.4 is 5.48 Å². The zero-order valence-corrected chi connectivity index (χ0v) is 8.20. The molecule has 2 heteroatoms. The van der Waals surface area contributed by atoms with Crippen molar-refractivity contribution in [3.8, 4) is 0 Å². The van der Waals surface area contributed by atoms with Gasteiger partial charge in [0.05, 0.1) is 6.10 Å². The zero-order chi connectivity index (χ0) is 9.38. The van der Waals surface area contributed by atoms with E-state index < -0.39 is 0 Å². The molecule has 1 saturated heterocycles. The third kappa shape index (κ3) is 1.26. The van der Waals surface area contributed by atoms with Crippen molar-refractivity contribution in [2.75, 3.05) is 6.54 Å². The molecule has 2 aliphatic rings. The Hall–Kier alpha value is -0.860. The molecule has 0 bridgehead atoms. The molecule has 2 unspecified atom stereocenters. The topological polar surface area (TPSA) is 21.3 Å². The molecule has 1 heterocycles. The maximum Gasteiger partial charge on any atom is 0.0862 e. The second-order valence-electron chi connectivity index (χ2n) is 4.18. The second-order valence-corrected chi connectivity index (χ2v) is 4.18. The van der Waals surface area contributed by atoms with Crippen molar-refractivity contribution in [1.82, 2.24) is 5.48 Å². The fourth-order valence-electron chi connectivity index (χ4n) is 2.69. The summed E-state index contributed by atoms with van der Waals surface area (Å²) in [6, 6.07) is 8.80. The van der Waals surface area contributed by atoms with Gasteiger partial charge >= 0.3 is 0 Å². The molecule has 14 heavy (non-hydrogen) atoms. The first-order valence-corrected chi connectivity index (χ1v) is 5.41. The van der Waals surface area contributed by atoms with E-state index in [1.54, 1.807) is 0 Å². The van der Waals surface area contributed by atoms with Crippen LogP contribution in [0.5, 0.6) is 0 Å². The van der Waals surface area contributed by atoms with Crippen molar-refractivity contribution in [1.29, 1.82) is 0 Å². The number of benzene rings is 1. The van der Waals surface area contributed by atoms with Crippen LogP contribution in [-0.2, 0) is 11.3 Å². The van der Waals surface area contributed by atoms with E-state index >= 15 is 0 Å². The first-order valence-electron chi connectivity index (χ1n) is 5.41. The molecule has 1 fully saturated rings. The van der Waals surface area contributed by atoms with Gasteiger partial charge in [-0.2, -0.15) is 0 Å². The summed E-state index contributed by atoms with van der Waals surface area (Å²) in [6.45, 7) is 0.982. The maximum absolute atomic E-state index is 5.59. The largest absolute Gasteiger partial charge is 0.298 e. The lowest BCUT2D eigenvalue weighted by Gasteiger charge is -2.36. The standard InChI is InChI=1S/C12H15NO/c1-2-4-10-9(3-1)5-6-12-11(10)7-8-13-14-12/h1-4,11-13H,5-8H2. The smallest absolute Gasteiger partial charge is 0.0862 e. The van der Waals surface area contributed by atoms with E-state index in [0.717, 1.165) is 13.0 Å². The van der Waals surface area contributed by atoms with Gasteiger partial charge < -0.3 is 0 Å². The molecule has 1 aliphatic heterocycles. The summed E-state index contributed by atoms with van der Waals surface area (Å²) in [5.74, 6) is 0.626. The van der Waals surface area contributed by atoms with Crippen LogP contribution in [0.25, 0.3) is 0 Å². The molecule has 74 valence electrons. The van der Waals surface area contributed by atoms with Crippen molar-refractivity contribution < 1.29 is 4.84 Å². The molecule has 0 spiro atoms. The summed E-state index contributed by atoms with van der Waals surface area (Å²) < 4.78 is 0. The minimum atomic E-state index is 0.402. The van der Waals surface area contributed by atoms with Crippen molar-refractivity contribution in [3.63, 3.8) is 0 Å². The number of hydrogen-bond donors (Lipinski definition) is 1. The van der Waals surface area contributed by atoms with Crippen LogP contribution in [0.1, 0.15) is 29.9 Å². The Kier molecular flexibility index (Phi) is 2.03. The van der Waals surface area contributed by atoms with Crippen molar-refractivity contribution in [2.45, 2.75) is 31.3 Å². The van der Waals surface area contributed by atoms with E-state index in [-0.39, 0.29) is 0 Å². The summed E-state index contributed by atoms with van der Waals surface area (Å²) in [5.41, 5.74) is 6.06. The second kappa shape index (κ2) is 3.37. The van der Waals surface area contributed by atoms with Gasteiger partial charge in [0.1, 0.15) is 0 Å². The number of rotatable bonds is 0. The van der Waals surface area contributed by atoms with Crippen LogP contribution in [0.4, 0.5) is 0 Å². The highest BCUT2D eigenvalue weighted by molar-refractivity contribution is 5.34. The summed E-state index contributed by atoms with van der Waals surface area (Å²) in [4.78, 5) is 5.59. The lowest BCUT2D eigenvalue weighted by molar-refractivity contribution is -0.0746. The van der Waals surface area contributed by atoms with Crippen LogP contribution in [0, 0.1) is 0 Å². The molecular formula is C12H15NO. The molecule has 1 N–H and O–H groups in total. The van der Waals surface area contributed by atoms with Gasteiger partial charge in [-0.15, -0.1) is 0 Å². The minimum absolute atomic E-state index is 0.402. The highest BCUT2D eigenvalue weighted by atomic mass is 16.7. The first-order chi connectivity index (χ1) is 6.95. The summed E-state index contributed by atoms with van der Waals surface area (Å²) in [7, 11) is 0. The van der Waals surface area contributed by atoms with E-state index in [1.165, 1.54) is 24.0 Å². The minimum Gasteiger partial charge on any atom is -0.298 e. The predicted octanol–water partition coefficient (Wildman–Crippen LogP) is 2.01. The monoisotopic (exact) mass is 189 g/mol. The molecule has 3 rings (SSSR count). The molecule has 2 nitrogen and oxygen atoms in total. The van der Waals surface area contributed by atoms with E-state index in [1.807, 2.05) is 0 Å². The number of hydroxylamine groups is 1. The Labute approximate surface area is 84.2 Å². The van der Waals surface area contributed by atoms with E-state index in [4.69, 9.17) is 4.84 Å². The Balaban J connectivity index is 1.99. The first kappa shape index (κ1) is 8.45. The number of fused-ring (bicyclic) bond motifs is 3. The lowest BCUT2D eigenvalue weighted by Crippen LogP contribution is -2.39. The van der Waals surface area contributed by atoms with Crippen molar-refractivity contribution >= 4 is 0 Å². The fourth-order valence-corrected chi connectivity index (χ4v) is 2.69. The molecule has 1 aromatic carbocycles. The maximum atomic E-state index is 5.59. The number of aryl methyl sites for hydroxylation is 1. The Morgan fingerprint density at radius 1 is 1.21 bits per heavy atom. The van der Waals surface area contributed by atoms with Gasteiger partial charge in [-0.1, -0.05) is 24.3 Å². The lowest BCUT2D eigenvalue weighted by atomic mass is 9.78. The molecular weight excluding hydrogens is 174 g/mol. The van der Waals surface area contributed by atoms with E-state index in [9.17, 15) is 0 Å². The SMILES string of the molecule is c1ccc2c(c1)CCC1ONCCC21. The van der Waals surface area contributed by atoms with Crippen LogP contribution in [-0.4, -0.2) is 12.6 Å². The van der Waals surface area contributed by atoms with Gasteiger partial charge in [-0.25, -0.2) is 5.48 Å². The Morgan fingerprint density at radius 3 is 3.14 bits per heavy atom. The third-order valence-corrected chi connectivity index (χ3v) is 3.39. The average molecular weight is 189 g/mol. The third-order valence-electron chi connectivity index (χ3n) is 3.39. The van der Waals surface area contributed by atoms with Crippen LogP contribution in [0.2, 0.25) is 0 Å². The van der Waals surface area contributed by atoms with Crippen LogP contribution >= 0.6 is 0 Å². The van der Waals surface area contributed by atoms with Gasteiger partial charge in [0.15, 0.2) is 0 Å². The average Bonchev–Trinajstić information content (AvgIpc) is 2.29. The normalized spacial score (nSPS) is 30.6. The van der Waals surface area contributed by atoms with Crippen LogP contribution in [0.3, 0.4) is 0 Å². The summed E-state index contributed by atoms with van der Waals surface area (Å²) in [5, 5.41) is 0. The van der Waals surface area contributed by atoms with Gasteiger partial charge in [0.25, 0.3) is 0 Å². The number of hydrogen-bond acceptors (Lipinski definition) is 2. The predicted molar refractivity (Wildman–Crippen MR) is 55.0 cm³/mol. The Bertz CT molecular complexity index is 337. The molecule has 0 saturated carbocycles. The van der Waals surface area contributed by atoms with Crippen molar-refractivity contribution in [2.24, 2.45) is 0 Å². The van der Waals surface area contributed by atoms with Gasteiger partial charge in [-0.05, 0) is 30.4 Å². The molecule has 0 radical (unpaired) electrons.